The number of carbonyl (C=O) groups excluding carboxylic acids is 6. The average molecular weight is 813 g/mol. The van der Waals surface area contributed by atoms with Gasteiger partial charge in [0.05, 0.1) is 12.6 Å². The third-order valence-corrected chi connectivity index (χ3v) is 9.44. The lowest BCUT2D eigenvalue weighted by Crippen LogP contribution is -2.58. The Morgan fingerprint density at radius 1 is 0.655 bits per heavy atom. The summed E-state index contributed by atoms with van der Waals surface area (Å²) in [4.78, 5) is 92.7. The predicted octanol–water partition coefficient (Wildman–Crippen LogP) is 0.933. The lowest BCUT2D eigenvalue weighted by molar-refractivity contribution is -0.142. The van der Waals surface area contributed by atoms with Gasteiger partial charge in [0.25, 0.3) is 5.91 Å². The van der Waals surface area contributed by atoms with Crippen LogP contribution in [0.25, 0.3) is 10.9 Å². The van der Waals surface area contributed by atoms with Crippen molar-refractivity contribution in [2.24, 2.45) is 17.6 Å². The molecule has 0 saturated heterocycles. The number of rotatable bonds is 21. The van der Waals surface area contributed by atoms with Crippen LogP contribution in [0.2, 0.25) is 0 Å². The van der Waals surface area contributed by atoms with Gasteiger partial charge in [-0.1, -0.05) is 76.2 Å². The number of aliphatic carboxylic acids is 1. The highest BCUT2D eigenvalue weighted by atomic mass is 19.2. The summed E-state index contributed by atoms with van der Waals surface area (Å²) in [6, 6.07) is 8.39. The number of H-pyrrole nitrogens is 1. The molecule has 18 heteroatoms. The van der Waals surface area contributed by atoms with Crippen molar-refractivity contribution in [1.82, 2.24) is 36.9 Å². The number of aromatic amines is 1. The van der Waals surface area contributed by atoms with Crippen LogP contribution in [-0.4, -0.2) is 107 Å². The molecule has 8 atom stereocenters. The Kier molecular flexibility index (Phi) is 17.3. The molecule has 3 aromatic rings. The molecule has 58 heavy (non-hydrogen) atoms. The van der Waals surface area contributed by atoms with E-state index in [1.165, 1.54) is 13.8 Å². The molecule has 0 radical (unpaired) electrons. The Morgan fingerprint density at radius 2 is 1.22 bits per heavy atom. The quantitative estimate of drug-likeness (QED) is 0.0741. The molecule has 316 valence electrons. The third kappa shape index (κ3) is 13.3. The van der Waals surface area contributed by atoms with Gasteiger partial charge in [-0.25, -0.2) is 13.6 Å². The van der Waals surface area contributed by atoms with Crippen molar-refractivity contribution in [3.8, 4) is 0 Å². The highest BCUT2D eigenvalue weighted by molar-refractivity contribution is 5.95. The van der Waals surface area contributed by atoms with E-state index in [-0.39, 0.29) is 18.8 Å². The first-order valence-electron chi connectivity index (χ1n) is 19.0. The SMILES string of the molecule is CC(C)[C@@H](N)C(=O)N[C@H](C)C(=O)N[C@H](Cc1c[nH]c2ccccc12)C(=O)NC[C@@H](F)[C@@H](F)C(=O)N[C@H](C)C(=O)N[C@@H](C(=O)N[C@@H](Cc1ccccc1)C(=O)O)C(C)C. The second-order valence-corrected chi connectivity index (χ2v) is 14.8. The number of carbonyl (C=O) groups is 7. The number of amides is 6. The first kappa shape index (κ1) is 46.5. The minimum absolute atomic E-state index is 0.0255. The molecule has 3 rings (SSSR count). The van der Waals surface area contributed by atoms with E-state index in [2.05, 4.69) is 36.9 Å². The number of carboxylic acid groups (broad SMARTS) is 1. The number of para-hydroxylation sites is 1. The van der Waals surface area contributed by atoms with Crippen molar-refractivity contribution >= 4 is 52.3 Å². The zero-order chi connectivity index (χ0) is 43.3. The minimum atomic E-state index is -2.85. The van der Waals surface area contributed by atoms with Crippen LogP contribution in [0.4, 0.5) is 8.78 Å². The molecule has 0 spiro atoms. The maximum Gasteiger partial charge on any atom is 0.326 e. The Morgan fingerprint density at radius 3 is 1.83 bits per heavy atom. The van der Waals surface area contributed by atoms with Crippen LogP contribution in [-0.2, 0) is 46.4 Å². The van der Waals surface area contributed by atoms with Gasteiger partial charge in [0.1, 0.15) is 30.2 Å². The second kappa shape index (κ2) is 21.6. The summed E-state index contributed by atoms with van der Waals surface area (Å²) >= 11 is 0. The fourth-order valence-corrected chi connectivity index (χ4v) is 5.78. The van der Waals surface area contributed by atoms with Crippen LogP contribution in [0.5, 0.6) is 0 Å². The number of fused-ring (bicyclic) bond motifs is 1. The molecule has 10 N–H and O–H groups in total. The third-order valence-electron chi connectivity index (χ3n) is 9.44. The van der Waals surface area contributed by atoms with Gasteiger partial charge in [-0.05, 0) is 42.9 Å². The zero-order valence-corrected chi connectivity index (χ0v) is 33.3. The molecule has 0 saturated carbocycles. The Labute approximate surface area is 335 Å². The fourth-order valence-electron chi connectivity index (χ4n) is 5.78. The van der Waals surface area contributed by atoms with Crippen molar-refractivity contribution in [3.63, 3.8) is 0 Å². The number of nitrogens with two attached hydrogens (primary N) is 1. The molecular weight excluding hydrogens is 758 g/mol. The highest BCUT2D eigenvalue weighted by Gasteiger charge is 2.34. The van der Waals surface area contributed by atoms with Crippen LogP contribution in [0, 0.1) is 11.8 Å². The van der Waals surface area contributed by atoms with Crippen LogP contribution in [0.15, 0.2) is 60.8 Å². The summed E-state index contributed by atoms with van der Waals surface area (Å²) in [6.07, 6.45) is -3.92. The number of alkyl halides is 2. The van der Waals surface area contributed by atoms with Gasteiger partial charge in [-0.3, -0.25) is 28.8 Å². The normalized spacial score (nSPS) is 15.5. The minimum Gasteiger partial charge on any atom is -0.480 e. The summed E-state index contributed by atoms with van der Waals surface area (Å²) in [6.45, 7) is 8.24. The van der Waals surface area contributed by atoms with Crippen molar-refractivity contribution in [2.75, 3.05) is 6.54 Å². The van der Waals surface area contributed by atoms with E-state index in [1.54, 1.807) is 88.5 Å². The maximum absolute atomic E-state index is 15.1. The molecule has 1 heterocycles. The van der Waals surface area contributed by atoms with Gasteiger partial charge in [0.2, 0.25) is 35.7 Å². The summed E-state index contributed by atoms with van der Waals surface area (Å²) < 4.78 is 30.3. The fraction of sp³-hybridized carbons (Fsp3) is 0.475. The molecular formula is C40H54F2N8O8. The Balaban J connectivity index is 1.61. The smallest absolute Gasteiger partial charge is 0.326 e. The number of benzene rings is 2. The van der Waals surface area contributed by atoms with Crippen molar-refractivity contribution in [3.05, 3.63) is 71.9 Å². The van der Waals surface area contributed by atoms with E-state index in [9.17, 15) is 38.7 Å². The number of halogens is 2. The number of carboxylic acids is 1. The van der Waals surface area contributed by atoms with Crippen LogP contribution in [0.3, 0.4) is 0 Å². The average Bonchev–Trinajstić information content (AvgIpc) is 3.59. The summed E-state index contributed by atoms with van der Waals surface area (Å²) in [5, 5.41) is 24.6. The molecule has 0 aliphatic carbocycles. The summed E-state index contributed by atoms with van der Waals surface area (Å²) in [7, 11) is 0. The summed E-state index contributed by atoms with van der Waals surface area (Å²) in [5.41, 5.74) is 7.90. The van der Waals surface area contributed by atoms with E-state index in [1.807, 2.05) is 0 Å². The standard InChI is InChI=1S/C40H54F2N8O8/c1-20(2)32(43)38(55)47-22(5)34(51)48-29(17-25-18-44-28-15-11-10-14-26(25)28)36(53)45-19-27(41)31(42)37(54)46-23(6)35(52)50-33(21(3)4)39(56)49-30(40(57)58)16-24-12-8-7-9-13-24/h7-15,18,20-23,27,29-33,44H,16-17,19,43H2,1-6H3,(H,45,53)(H,46,54)(H,47,55)(H,48,51)(H,49,56)(H,50,52)(H,57,58)/t22-,23-,27-,29-,30+,31-,32-,33-/m1/s1. The monoisotopic (exact) mass is 812 g/mol. The molecule has 0 fully saturated rings. The molecule has 0 aliphatic heterocycles. The van der Waals surface area contributed by atoms with E-state index in [0.29, 0.717) is 11.1 Å². The predicted molar refractivity (Wildman–Crippen MR) is 211 cm³/mol. The van der Waals surface area contributed by atoms with E-state index >= 15 is 8.78 Å². The molecule has 0 unspecified atom stereocenters. The van der Waals surface area contributed by atoms with Gasteiger partial charge in [-0.2, -0.15) is 0 Å². The van der Waals surface area contributed by atoms with Gasteiger partial charge in [0, 0.05) is 29.9 Å². The lowest BCUT2D eigenvalue weighted by atomic mass is 10.0. The first-order valence-corrected chi connectivity index (χ1v) is 19.0. The Hall–Kier alpha value is -5.91. The number of nitrogens with one attached hydrogen (secondary N) is 7. The van der Waals surface area contributed by atoms with Crippen molar-refractivity contribution in [1.29, 1.82) is 0 Å². The van der Waals surface area contributed by atoms with E-state index in [4.69, 9.17) is 5.73 Å². The second-order valence-electron chi connectivity index (χ2n) is 14.8. The molecule has 16 nitrogen and oxygen atoms in total. The molecule has 6 amide bonds. The van der Waals surface area contributed by atoms with Gasteiger partial charge < -0.3 is 47.7 Å². The van der Waals surface area contributed by atoms with Gasteiger partial charge in [0.15, 0.2) is 6.17 Å². The molecule has 1 aromatic heterocycles. The number of hydrogen-bond donors (Lipinski definition) is 9. The van der Waals surface area contributed by atoms with E-state index < -0.39 is 102 Å². The topological polar surface area (TPSA) is 254 Å². The maximum atomic E-state index is 15.1. The van der Waals surface area contributed by atoms with Gasteiger partial charge in [-0.15, -0.1) is 0 Å². The number of hydrogen-bond acceptors (Lipinski definition) is 8. The summed E-state index contributed by atoms with van der Waals surface area (Å²) in [5.74, 6) is -7.54. The Bertz CT molecular complexity index is 1910. The van der Waals surface area contributed by atoms with Crippen LogP contribution < -0.4 is 37.6 Å². The largest absolute Gasteiger partial charge is 0.480 e. The van der Waals surface area contributed by atoms with Crippen molar-refractivity contribution in [2.45, 2.75) is 103 Å². The molecule has 2 aromatic carbocycles. The highest BCUT2D eigenvalue weighted by Crippen LogP contribution is 2.19. The first-order chi connectivity index (χ1) is 27.3. The van der Waals surface area contributed by atoms with Crippen LogP contribution in [0.1, 0.15) is 52.7 Å². The van der Waals surface area contributed by atoms with Crippen LogP contribution >= 0.6 is 0 Å². The zero-order valence-electron chi connectivity index (χ0n) is 33.3. The molecule has 0 aliphatic rings. The number of aromatic nitrogens is 1. The lowest BCUT2D eigenvalue weighted by Gasteiger charge is -2.26. The van der Waals surface area contributed by atoms with Crippen molar-refractivity contribution < 1.29 is 47.4 Å². The molecule has 0 bridgehead atoms. The van der Waals surface area contributed by atoms with E-state index in [0.717, 1.165) is 10.9 Å². The van der Waals surface area contributed by atoms with Gasteiger partial charge >= 0.3 is 5.97 Å².